The van der Waals surface area contributed by atoms with Crippen molar-refractivity contribution in [3.05, 3.63) is 29.8 Å². The van der Waals surface area contributed by atoms with Gasteiger partial charge in [0.15, 0.2) is 0 Å². The Morgan fingerprint density at radius 2 is 2.06 bits per heavy atom. The minimum Gasteiger partial charge on any atom is -0.497 e. The molecule has 0 heterocycles. The molecule has 100 valence electrons. The molecule has 0 radical (unpaired) electrons. The van der Waals surface area contributed by atoms with Crippen molar-refractivity contribution in [2.45, 2.75) is 32.2 Å². The number of amides is 1. The largest absolute Gasteiger partial charge is 0.497 e. The maximum Gasteiger partial charge on any atom is 0.220 e. The number of methoxy groups -OCH3 is 1. The molecule has 0 saturated heterocycles. The highest BCUT2D eigenvalue weighted by Crippen LogP contribution is 2.12. The lowest BCUT2D eigenvalue weighted by atomic mass is 10.1. The van der Waals surface area contributed by atoms with Crippen LogP contribution in [-0.2, 0) is 11.2 Å². The quantitative estimate of drug-likeness (QED) is 0.772. The predicted octanol–water partition coefficient (Wildman–Crippen LogP) is 1.51. The second kappa shape index (κ2) is 7.71. The summed E-state index contributed by atoms with van der Waals surface area (Å²) in [5, 5.41) is 11.8. The lowest BCUT2D eigenvalue weighted by Gasteiger charge is -2.13. The molecule has 0 fully saturated rings. The number of hydrogen-bond acceptors (Lipinski definition) is 3. The first-order chi connectivity index (χ1) is 8.69. The van der Waals surface area contributed by atoms with Crippen molar-refractivity contribution in [2.24, 2.45) is 0 Å². The SMILES string of the molecule is CC[C@@H](CO)NC(=O)CCc1ccc(OC)cc1. The number of rotatable bonds is 7. The van der Waals surface area contributed by atoms with Crippen molar-refractivity contribution in [1.29, 1.82) is 0 Å². The smallest absolute Gasteiger partial charge is 0.220 e. The molecule has 2 N–H and O–H groups in total. The zero-order chi connectivity index (χ0) is 13.4. The molecule has 1 amide bonds. The van der Waals surface area contributed by atoms with Crippen molar-refractivity contribution in [1.82, 2.24) is 5.32 Å². The van der Waals surface area contributed by atoms with Gasteiger partial charge in [0.25, 0.3) is 0 Å². The molecule has 0 aliphatic carbocycles. The van der Waals surface area contributed by atoms with Crippen LogP contribution in [0.3, 0.4) is 0 Å². The lowest BCUT2D eigenvalue weighted by molar-refractivity contribution is -0.122. The Balaban J connectivity index is 2.37. The third-order valence-corrected chi connectivity index (χ3v) is 2.88. The molecular formula is C14H21NO3. The van der Waals surface area contributed by atoms with E-state index in [4.69, 9.17) is 9.84 Å². The van der Waals surface area contributed by atoms with E-state index in [-0.39, 0.29) is 18.6 Å². The van der Waals surface area contributed by atoms with E-state index in [2.05, 4.69) is 5.32 Å². The molecule has 1 aromatic carbocycles. The number of aliphatic hydroxyl groups is 1. The Hall–Kier alpha value is -1.55. The summed E-state index contributed by atoms with van der Waals surface area (Å²) in [7, 11) is 1.63. The number of benzene rings is 1. The standard InChI is InChI=1S/C14H21NO3/c1-3-12(10-16)15-14(17)9-6-11-4-7-13(18-2)8-5-11/h4-5,7-8,12,16H,3,6,9-10H2,1-2H3,(H,15,17)/t12-/m0/s1. The molecule has 0 unspecified atom stereocenters. The van der Waals surface area contributed by atoms with Gasteiger partial charge in [0.05, 0.1) is 19.8 Å². The van der Waals surface area contributed by atoms with Crippen LogP contribution in [0.25, 0.3) is 0 Å². The fourth-order valence-electron chi connectivity index (χ4n) is 1.63. The summed E-state index contributed by atoms with van der Waals surface area (Å²) < 4.78 is 5.07. The van der Waals surface area contributed by atoms with Crippen molar-refractivity contribution in [2.75, 3.05) is 13.7 Å². The highest BCUT2D eigenvalue weighted by molar-refractivity contribution is 5.76. The molecule has 4 heteroatoms. The van der Waals surface area contributed by atoms with E-state index < -0.39 is 0 Å². The molecule has 18 heavy (non-hydrogen) atoms. The first-order valence-corrected chi connectivity index (χ1v) is 6.22. The van der Waals surface area contributed by atoms with Gasteiger partial charge < -0.3 is 15.2 Å². The minimum absolute atomic E-state index is 0.00915. The molecule has 4 nitrogen and oxygen atoms in total. The number of hydrogen-bond donors (Lipinski definition) is 2. The van der Waals surface area contributed by atoms with Gasteiger partial charge in [0.1, 0.15) is 5.75 Å². The van der Waals surface area contributed by atoms with Gasteiger partial charge in [-0.25, -0.2) is 0 Å². The summed E-state index contributed by atoms with van der Waals surface area (Å²) in [6.07, 6.45) is 1.87. The van der Waals surface area contributed by atoms with Crippen LogP contribution < -0.4 is 10.1 Å². The first-order valence-electron chi connectivity index (χ1n) is 6.22. The van der Waals surface area contributed by atoms with Crippen molar-refractivity contribution in [3.8, 4) is 5.75 Å². The van der Waals surface area contributed by atoms with Crippen LogP contribution in [0.5, 0.6) is 5.75 Å². The average molecular weight is 251 g/mol. The Morgan fingerprint density at radius 1 is 1.39 bits per heavy atom. The third-order valence-electron chi connectivity index (χ3n) is 2.88. The average Bonchev–Trinajstić information content (AvgIpc) is 2.43. The highest BCUT2D eigenvalue weighted by Gasteiger charge is 2.08. The molecule has 0 aliphatic rings. The third kappa shape index (κ3) is 4.75. The second-order valence-electron chi connectivity index (χ2n) is 4.20. The highest BCUT2D eigenvalue weighted by atomic mass is 16.5. The first kappa shape index (κ1) is 14.5. The fraction of sp³-hybridized carbons (Fsp3) is 0.500. The Labute approximate surface area is 108 Å². The van der Waals surface area contributed by atoms with E-state index in [1.54, 1.807) is 7.11 Å². The van der Waals surface area contributed by atoms with Crippen molar-refractivity contribution < 1.29 is 14.6 Å². The molecule has 0 bridgehead atoms. The number of carbonyl (C=O) groups is 1. The van der Waals surface area contributed by atoms with E-state index in [1.807, 2.05) is 31.2 Å². The Kier molecular flexibility index (Phi) is 6.22. The zero-order valence-electron chi connectivity index (χ0n) is 11.0. The van der Waals surface area contributed by atoms with E-state index in [9.17, 15) is 4.79 Å². The molecule has 0 spiro atoms. The number of carbonyl (C=O) groups excluding carboxylic acids is 1. The summed E-state index contributed by atoms with van der Waals surface area (Å²) in [4.78, 5) is 11.6. The maximum atomic E-state index is 11.6. The summed E-state index contributed by atoms with van der Waals surface area (Å²) in [6, 6.07) is 7.55. The van der Waals surface area contributed by atoms with Crippen LogP contribution in [0.2, 0.25) is 0 Å². The molecule has 0 aliphatic heterocycles. The van der Waals surface area contributed by atoms with Crippen LogP contribution in [0.15, 0.2) is 24.3 Å². The van der Waals surface area contributed by atoms with Gasteiger partial charge in [-0.3, -0.25) is 4.79 Å². The second-order valence-corrected chi connectivity index (χ2v) is 4.20. The van der Waals surface area contributed by atoms with Crippen molar-refractivity contribution >= 4 is 5.91 Å². The van der Waals surface area contributed by atoms with Crippen LogP contribution in [0.1, 0.15) is 25.3 Å². The number of aryl methyl sites for hydroxylation is 1. The molecular weight excluding hydrogens is 230 g/mol. The topological polar surface area (TPSA) is 58.6 Å². The molecule has 1 atom stereocenters. The number of ether oxygens (including phenoxy) is 1. The summed E-state index contributed by atoms with van der Waals surface area (Å²) >= 11 is 0. The molecule has 0 saturated carbocycles. The molecule has 1 aromatic rings. The summed E-state index contributed by atoms with van der Waals surface area (Å²) in [5.41, 5.74) is 1.10. The van der Waals surface area contributed by atoms with Crippen molar-refractivity contribution in [3.63, 3.8) is 0 Å². The van der Waals surface area contributed by atoms with Gasteiger partial charge in [-0.2, -0.15) is 0 Å². The summed E-state index contributed by atoms with van der Waals surface area (Å²) in [5.74, 6) is 0.793. The zero-order valence-corrected chi connectivity index (χ0v) is 11.0. The fourth-order valence-corrected chi connectivity index (χ4v) is 1.63. The van der Waals surface area contributed by atoms with Gasteiger partial charge >= 0.3 is 0 Å². The summed E-state index contributed by atoms with van der Waals surface area (Å²) in [6.45, 7) is 1.93. The van der Waals surface area contributed by atoms with Crippen LogP contribution in [0, 0.1) is 0 Å². The van der Waals surface area contributed by atoms with Crippen LogP contribution in [-0.4, -0.2) is 30.8 Å². The minimum atomic E-state index is -0.131. The number of nitrogens with one attached hydrogen (secondary N) is 1. The van der Waals surface area contributed by atoms with Gasteiger partial charge in [-0.15, -0.1) is 0 Å². The van der Waals surface area contributed by atoms with E-state index in [0.29, 0.717) is 12.8 Å². The van der Waals surface area contributed by atoms with E-state index in [1.165, 1.54) is 0 Å². The Bertz CT molecular complexity index is 358. The lowest BCUT2D eigenvalue weighted by Crippen LogP contribution is -2.36. The van der Waals surface area contributed by atoms with Gasteiger partial charge in [-0.1, -0.05) is 19.1 Å². The van der Waals surface area contributed by atoms with Gasteiger partial charge in [0, 0.05) is 6.42 Å². The Morgan fingerprint density at radius 3 is 2.56 bits per heavy atom. The normalized spacial score (nSPS) is 11.9. The van der Waals surface area contributed by atoms with Gasteiger partial charge in [0.2, 0.25) is 5.91 Å². The number of aliphatic hydroxyl groups excluding tert-OH is 1. The predicted molar refractivity (Wildman–Crippen MR) is 70.6 cm³/mol. The van der Waals surface area contributed by atoms with Crippen LogP contribution in [0.4, 0.5) is 0 Å². The van der Waals surface area contributed by atoms with E-state index in [0.717, 1.165) is 17.7 Å². The van der Waals surface area contributed by atoms with Crippen LogP contribution >= 0.6 is 0 Å². The van der Waals surface area contributed by atoms with E-state index >= 15 is 0 Å². The monoisotopic (exact) mass is 251 g/mol. The van der Waals surface area contributed by atoms with Gasteiger partial charge in [-0.05, 0) is 30.5 Å². The molecule has 1 rings (SSSR count). The maximum absolute atomic E-state index is 11.6. The molecule has 0 aromatic heterocycles.